The number of nitrogens with two attached hydrogens (primary N) is 1. The first-order chi connectivity index (χ1) is 8.55. The maximum absolute atomic E-state index is 11.7. The molecule has 0 spiro atoms. The number of fused-ring (bicyclic) bond motifs is 1. The predicted octanol–water partition coefficient (Wildman–Crippen LogP) is 0.449. The van der Waals surface area contributed by atoms with Crippen molar-refractivity contribution in [1.82, 2.24) is 9.55 Å². The second-order valence-electron chi connectivity index (χ2n) is 5.47. The zero-order valence-corrected chi connectivity index (χ0v) is 11.2. The first kappa shape index (κ1) is 12.2. The number of sulfone groups is 1. The van der Waals surface area contributed by atoms with Crippen LogP contribution >= 0.6 is 0 Å². The second kappa shape index (κ2) is 4.35. The number of rotatable bonds is 1. The zero-order chi connectivity index (χ0) is 12.8. The zero-order valence-electron chi connectivity index (χ0n) is 10.4. The van der Waals surface area contributed by atoms with Crippen LogP contribution in [0.4, 0.5) is 0 Å². The van der Waals surface area contributed by atoms with Crippen LogP contribution in [0.15, 0.2) is 6.20 Å². The van der Waals surface area contributed by atoms with Crippen LogP contribution < -0.4 is 5.73 Å². The topological polar surface area (TPSA) is 78.0 Å². The summed E-state index contributed by atoms with van der Waals surface area (Å²) in [5.74, 6) is 1.63. The number of aromatic nitrogens is 2. The van der Waals surface area contributed by atoms with Crippen LogP contribution in [0.1, 0.15) is 36.7 Å². The first-order valence-corrected chi connectivity index (χ1v) is 8.37. The van der Waals surface area contributed by atoms with E-state index < -0.39 is 9.84 Å². The standard InChI is InChI=1S/C12H19N3O2S/c13-10-3-4-15-11(6-10)7-14-12(15)9-2-1-5-18(16,17)8-9/h7,9-10H,1-6,8,13H2. The van der Waals surface area contributed by atoms with Gasteiger partial charge in [-0.3, -0.25) is 0 Å². The Morgan fingerprint density at radius 1 is 1.39 bits per heavy atom. The third-order valence-corrected chi connectivity index (χ3v) is 5.81. The highest BCUT2D eigenvalue weighted by Gasteiger charge is 2.30. The van der Waals surface area contributed by atoms with Crippen molar-refractivity contribution < 1.29 is 8.42 Å². The van der Waals surface area contributed by atoms with Gasteiger partial charge in [0.05, 0.1) is 11.5 Å². The molecule has 1 fully saturated rings. The normalized spacial score (nSPS) is 30.9. The molecule has 2 unspecified atom stereocenters. The summed E-state index contributed by atoms with van der Waals surface area (Å²) in [7, 11) is -2.87. The van der Waals surface area contributed by atoms with Crippen molar-refractivity contribution in [2.75, 3.05) is 11.5 Å². The first-order valence-electron chi connectivity index (χ1n) is 6.55. The van der Waals surface area contributed by atoms with E-state index in [2.05, 4.69) is 9.55 Å². The predicted molar refractivity (Wildman–Crippen MR) is 69.2 cm³/mol. The van der Waals surface area contributed by atoms with Crippen molar-refractivity contribution in [2.24, 2.45) is 5.73 Å². The Balaban J connectivity index is 1.89. The van der Waals surface area contributed by atoms with Gasteiger partial charge in [-0.1, -0.05) is 0 Å². The molecule has 6 heteroatoms. The lowest BCUT2D eigenvalue weighted by Crippen LogP contribution is -2.32. The molecule has 2 aliphatic heterocycles. The summed E-state index contributed by atoms with van der Waals surface area (Å²) in [5, 5.41) is 0. The van der Waals surface area contributed by atoms with Crippen molar-refractivity contribution in [3.8, 4) is 0 Å². The van der Waals surface area contributed by atoms with Gasteiger partial charge in [-0.2, -0.15) is 0 Å². The molecular weight excluding hydrogens is 250 g/mol. The average Bonchev–Trinajstić information content (AvgIpc) is 2.70. The lowest BCUT2D eigenvalue weighted by Gasteiger charge is -2.26. The van der Waals surface area contributed by atoms with Crippen molar-refractivity contribution in [1.29, 1.82) is 0 Å². The minimum atomic E-state index is -2.87. The number of nitrogens with zero attached hydrogens (tertiary/aromatic N) is 2. The Labute approximate surface area is 107 Å². The maximum atomic E-state index is 11.7. The molecule has 1 saturated heterocycles. The Morgan fingerprint density at radius 3 is 3.00 bits per heavy atom. The molecule has 0 aliphatic carbocycles. The smallest absolute Gasteiger partial charge is 0.151 e. The molecule has 3 rings (SSSR count). The third kappa shape index (κ3) is 2.19. The summed E-state index contributed by atoms with van der Waals surface area (Å²) in [6, 6.07) is 0.220. The fraction of sp³-hybridized carbons (Fsp3) is 0.750. The average molecular weight is 269 g/mol. The molecule has 18 heavy (non-hydrogen) atoms. The highest BCUT2D eigenvalue weighted by Crippen LogP contribution is 2.29. The van der Waals surface area contributed by atoms with Crippen LogP contribution in [-0.2, 0) is 22.8 Å². The molecule has 0 bridgehead atoms. The van der Waals surface area contributed by atoms with Crippen LogP contribution in [0.2, 0.25) is 0 Å². The van der Waals surface area contributed by atoms with E-state index in [1.165, 1.54) is 0 Å². The van der Waals surface area contributed by atoms with Crippen molar-refractivity contribution in [3.63, 3.8) is 0 Å². The van der Waals surface area contributed by atoms with Gasteiger partial charge in [0.1, 0.15) is 5.82 Å². The molecule has 0 saturated carbocycles. The van der Waals surface area contributed by atoms with Crippen molar-refractivity contribution in [2.45, 2.75) is 44.2 Å². The molecular formula is C12H19N3O2S. The minimum Gasteiger partial charge on any atom is -0.332 e. The van der Waals surface area contributed by atoms with E-state index in [1.807, 2.05) is 6.20 Å². The minimum absolute atomic E-state index is 0.0758. The summed E-state index contributed by atoms with van der Waals surface area (Å²) in [6.45, 7) is 0.877. The summed E-state index contributed by atoms with van der Waals surface area (Å²) in [4.78, 5) is 4.46. The number of hydrogen-bond donors (Lipinski definition) is 1. The summed E-state index contributed by atoms with van der Waals surface area (Å²) >= 11 is 0. The van der Waals surface area contributed by atoms with E-state index in [0.29, 0.717) is 5.75 Å². The van der Waals surface area contributed by atoms with E-state index in [0.717, 1.165) is 43.7 Å². The molecule has 3 heterocycles. The van der Waals surface area contributed by atoms with Crippen LogP contribution in [-0.4, -0.2) is 35.5 Å². The molecule has 0 amide bonds. The molecule has 100 valence electrons. The molecule has 2 aliphatic rings. The second-order valence-corrected chi connectivity index (χ2v) is 7.69. The van der Waals surface area contributed by atoms with Gasteiger partial charge in [0, 0.05) is 36.8 Å². The largest absolute Gasteiger partial charge is 0.332 e. The highest BCUT2D eigenvalue weighted by molar-refractivity contribution is 7.91. The summed E-state index contributed by atoms with van der Waals surface area (Å²) in [6.07, 6.45) is 5.37. The fourth-order valence-electron chi connectivity index (χ4n) is 3.07. The van der Waals surface area contributed by atoms with Gasteiger partial charge in [-0.05, 0) is 19.3 Å². The van der Waals surface area contributed by atoms with E-state index in [1.54, 1.807) is 0 Å². The highest BCUT2D eigenvalue weighted by atomic mass is 32.2. The van der Waals surface area contributed by atoms with Gasteiger partial charge in [0.15, 0.2) is 9.84 Å². The lowest BCUT2D eigenvalue weighted by atomic mass is 10.0. The van der Waals surface area contributed by atoms with Gasteiger partial charge >= 0.3 is 0 Å². The summed E-state index contributed by atoms with van der Waals surface area (Å²) in [5.41, 5.74) is 7.10. The van der Waals surface area contributed by atoms with E-state index in [9.17, 15) is 8.42 Å². The molecule has 2 atom stereocenters. The quantitative estimate of drug-likeness (QED) is 0.803. The Bertz CT molecular complexity index is 550. The van der Waals surface area contributed by atoms with Crippen LogP contribution in [0.5, 0.6) is 0 Å². The van der Waals surface area contributed by atoms with Crippen molar-refractivity contribution in [3.05, 3.63) is 17.7 Å². The van der Waals surface area contributed by atoms with Crippen LogP contribution in [0.25, 0.3) is 0 Å². The Morgan fingerprint density at radius 2 is 2.22 bits per heavy atom. The molecule has 5 nitrogen and oxygen atoms in total. The Hall–Kier alpha value is -0.880. The maximum Gasteiger partial charge on any atom is 0.151 e. The van der Waals surface area contributed by atoms with Crippen molar-refractivity contribution >= 4 is 9.84 Å². The van der Waals surface area contributed by atoms with Gasteiger partial charge in [-0.25, -0.2) is 13.4 Å². The van der Waals surface area contributed by atoms with E-state index in [4.69, 9.17) is 5.73 Å². The van der Waals surface area contributed by atoms with E-state index in [-0.39, 0.29) is 17.7 Å². The lowest BCUT2D eigenvalue weighted by molar-refractivity contribution is 0.443. The fourth-order valence-corrected chi connectivity index (χ4v) is 4.77. The SMILES string of the molecule is NC1CCn2c(cnc2C2CCCS(=O)(=O)C2)C1. The monoisotopic (exact) mass is 269 g/mol. The molecule has 1 aromatic rings. The molecule has 1 aromatic heterocycles. The molecule has 0 aromatic carbocycles. The number of hydrogen-bond acceptors (Lipinski definition) is 4. The third-order valence-electron chi connectivity index (χ3n) is 3.99. The van der Waals surface area contributed by atoms with Gasteiger partial charge in [0.25, 0.3) is 0 Å². The Kier molecular flexibility index (Phi) is 2.94. The van der Waals surface area contributed by atoms with Gasteiger partial charge < -0.3 is 10.3 Å². The molecule has 0 radical (unpaired) electrons. The van der Waals surface area contributed by atoms with Crippen LogP contribution in [0.3, 0.4) is 0 Å². The van der Waals surface area contributed by atoms with Gasteiger partial charge in [0.2, 0.25) is 0 Å². The number of imidazole rings is 1. The van der Waals surface area contributed by atoms with Crippen LogP contribution in [0, 0.1) is 0 Å². The van der Waals surface area contributed by atoms with E-state index >= 15 is 0 Å². The van der Waals surface area contributed by atoms with Gasteiger partial charge in [-0.15, -0.1) is 0 Å². The summed E-state index contributed by atoms with van der Waals surface area (Å²) < 4.78 is 25.6. The molecule has 2 N–H and O–H groups in total.